The first kappa shape index (κ1) is 13.6. The molecule has 0 bridgehead atoms. The summed E-state index contributed by atoms with van der Waals surface area (Å²) in [5.74, 6) is -1.12. The molecule has 0 spiro atoms. The number of carbonyl (C=O) groups excluding carboxylic acids is 1. The highest BCUT2D eigenvalue weighted by atomic mass is 35.5. The second-order valence-electron chi connectivity index (χ2n) is 3.29. The van der Waals surface area contributed by atoms with E-state index in [4.69, 9.17) is 28.3 Å². The van der Waals surface area contributed by atoms with Crippen LogP contribution in [0.4, 0.5) is 10.5 Å². The number of halogens is 2. The summed E-state index contributed by atoms with van der Waals surface area (Å²) in [6, 6.07) is 2.95. The van der Waals surface area contributed by atoms with Gasteiger partial charge in [0.2, 0.25) is 0 Å². The number of amides is 2. The smallest absolute Gasteiger partial charge is 0.325 e. The topological polar surface area (TPSA) is 78.4 Å². The molecule has 0 saturated carbocycles. The van der Waals surface area contributed by atoms with Crippen LogP contribution in [0.25, 0.3) is 0 Å². The normalized spacial score (nSPS) is 11.7. The van der Waals surface area contributed by atoms with Crippen LogP contribution in [0.3, 0.4) is 0 Å². The Morgan fingerprint density at radius 2 is 1.94 bits per heavy atom. The fourth-order valence-corrected chi connectivity index (χ4v) is 1.30. The number of carbonyl (C=O) groups is 2. The Morgan fingerprint density at radius 3 is 2.47 bits per heavy atom. The summed E-state index contributed by atoms with van der Waals surface area (Å²) in [5, 5.41) is 13.9. The van der Waals surface area contributed by atoms with Crippen LogP contribution in [0.2, 0.25) is 10.0 Å². The zero-order valence-electron chi connectivity index (χ0n) is 8.83. The molecule has 0 fully saturated rings. The predicted octanol–water partition coefficient (Wildman–Crippen LogP) is 2.59. The van der Waals surface area contributed by atoms with E-state index < -0.39 is 18.0 Å². The van der Waals surface area contributed by atoms with Crippen LogP contribution in [0.15, 0.2) is 18.2 Å². The van der Waals surface area contributed by atoms with Crippen molar-refractivity contribution >= 4 is 40.9 Å². The van der Waals surface area contributed by atoms with Crippen LogP contribution in [0.5, 0.6) is 0 Å². The fraction of sp³-hybridized carbons (Fsp3) is 0.200. The van der Waals surface area contributed by atoms with Crippen molar-refractivity contribution in [3.05, 3.63) is 28.2 Å². The molecule has 0 radical (unpaired) electrons. The number of carboxylic acids is 1. The summed E-state index contributed by atoms with van der Waals surface area (Å²) in [4.78, 5) is 21.9. The summed E-state index contributed by atoms with van der Waals surface area (Å²) in [7, 11) is 0. The van der Waals surface area contributed by atoms with Gasteiger partial charge in [-0.1, -0.05) is 23.2 Å². The molecule has 5 nitrogen and oxygen atoms in total. The molecule has 1 rings (SSSR count). The molecular formula is C10H10Cl2N2O3. The zero-order chi connectivity index (χ0) is 13.0. The Balaban J connectivity index is 2.62. The minimum absolute atomic E-state index is 0.302. The molecule has 0 aliphatic carbocycles. The molecule has 0 heterocycles. The van der Waals surface area contributed by atoms with E-state index in [0.717, 1.165) is 0 Å². The Labute approximate surface area is 108 Å². The predicted molar refractivity (Wildman–Crippen MR) is 65.7 cm³/mol. The second kappa shape index (κ2) is 5.75. The lowest BCUT2D eigenvalue weighted by Gasteiger charge is -2.11. The Bertz CT molecular complexity index is 451. The highest BCUT2D eigenvalue weighted by Crippen LogP contribution is 2.24. The van der Waals surface area contributed by atoms with E-state index in [-0.39, 0.29) is 0 Å². The third-order valence-corrected chi connectivity index (χ3v) is 2.63. The third kappa shape index (κ3) is 4.13. The van der Waals surface area contributed by atoms with E-state index >= 15 is 0 Å². The molecule has 0 saturated heterocycles. The molecule has 1 aromatic carbocycles. The lowest BCUT2D eigenvalue weighted by atomic mass is 10.3. The first-order valence-electron chi connectivity index (χ1n) is 4.65. The van der Waals surface area contributed by atoms with E-state index in [1.165, 1.54) is 19.1 Å². The zero-order valence-corrected chi connectivity index (χ0v) is 10.3. The summed E-state index contributed by atoms with van der Waals surface area (Å²) in [6.07, 6.45) is 0. The highest BCUT2D eigenvalue weighted by Gasteiger charge is 2.13. The quantitative estimate of drug-likeness (QED) is 0.794. The van der Waals surface area contributed by atoms with Gasteiger partial charge in [-0.2, -0.15) is 0 Å². The molecule has 1 aromatic rings. The van der Waals surface area contributed by atoms with E-state index in [9.17, 15) is 9.59 Å². The van der Waals surface area contributed by atoms with Gasteiger partial charge < -0.3 is 15.7 Å². The third-order valence-electron chi connectivity index (χ3n) is 1.90. The Hall–Kier alpha value is -1.46. The van der Waals surface area contributed by atoms with Crippen LogP contribution < -0.4 is 10.6 Å². The van der Waals surface area contributed by atoms with Crippen LogP contribution in [0.1, 0.15) is 6.92 Å². The van der Waals surface area contributed by atoms with E-state index in [0.29, 0.717) is 15.7 Å². The molecule has 7 heteroatoms. The molecule has 3 N–H and O–H groups in total. The van der Waals surface area contributed by atoms with Gasteiger partial charge in [0.05, 0.1) is 10.0 Å². The summed E-state index contributed by atoms with van der Waals surface area (Å²) >= 11 is 11.5. The van der Waals surface area contributed by atoms with Gasteiger partial charge in [-0.25, -0.2) is 4.79 Å². The molecular weight excluding hydrogens is 267 g/mol. The molecule has 92 valence electrons. The van der Waals surface area contributed by atoms with Gasteiger partial charge in [-0.3, -0.25) is 4.79 Å². The molecule has 0 unspecified atom stereocenters. The monoisotopic (exact) mass is 276 g/mol. The van der Waals surface area contributed by atoms with Crippen LogP contribution in [-0.4, -0.2) is 23.1 Å². The maximum atomic E-state index is 11.4. The number of rotatable bonds is 3. The van der Waals surface area contributed by atoms with Gasteiger partial charge in [-0.15, -0.1) is 0 Å². The lowest BCUT2D eigenvalue weighted by Crippen LogP contribution is -2.40. The molecule has 2 amide bonds. The van der Waals surface area contributed by atoms with Crippen molar-refractivity contribution in [1.29, 1.82) is 0 Å². The number of hydrogen-bond donors (Lipinski definition) is 3. The molecule has 0 aliphatic heterocycles. The summed E-state index contributed by atoms with van der Waals surface area (Å²) < 4.78 is 0. The number of hydrogen-bond acceptors (Lipinski definition) is 2. The van der Waals surface area contributed by atoms with E-state index in [1.807, 2.05) is 0 Å². The molecule has 0 aliphatic rings. The summed E-state index contributed by atoms with van der Waals surface area (Å²) in [6.45, 7) is 1.36. The number of carboxylic acid groups (broad SMARTS) is 1. The first-order valence-corrected chi connectivity index (χ1v) is 5.41. The summed E-state index contributed by atoms with van der Waals surface area (Å²) in [5.41, 5.74) is 0.425. The maximum Gasteiger partial charge on any atom is 0.325 e. The molecule has 1 atom stereocenters. The van der Waals surface area contributed by atoms with Crippen molar-refractivity contribution in [1.82, 2.24) is 5.32 Å². The van der Waals surface area contributed by atoms with Crippen molar-refractivity contribution in [3.8, 4) is 0 Å². The Kier molecular flexibility index (Phi) is 4.60. The lowest BCUT2D eigenvalue weighted by molar-refractivity contribution is -0.138. The molecule has 0 aromatic heterocycles. The van der Waals surface area contributed by atoms with Gasteiger partial charge in [0.25, 0.3) is 0 Å². The second-order valence-corrected chi connectivity index (χ2v) is 4.10. The van der Waals surface area contributed by atoms with E-state index in [1.54, 1.807) is 6.07 Å². The first-order chi connectivity index (χ1) is 7.90. The van der Waals surface area contributed by atoms with Gasteiger partial charge in [-0.05, 0) is 25.1 Å². The van der Waals surface area contributed by atoms with Crippen LogP contribution in [0, 0.1) is 0 Å². The van der Waals surface area contributed by atoms with Crippen molar-refractivity contribution in [2.24, 2.45) is 0 Å². The number of benzene rings is 1. The Morgan fingerprint density at radius 1 is 1.29 bits per heavy atom. The fourth-order valence-electron chi connectivity index (χ4n) is 0.999. The molecule has 17 heavy (non-hydrogen) atoms. The highest BCUT2D eigenvalue weighted by molar-refractivity contribution is 6.42. The van der Waals surface area contributed by atoms with Crippen molar-refractivity contribution < 1.29 is 14.7 Å². The van der Waals surface area contributed by atoms with Crippen LogP contribution in [-0.2, 0) is 4.79 Å². The van der Waals surface area contributed by atoms with Gasteiger partial charge >= 0.3 is 12.0 Å². The minimum Gasteiger partial charge on any atom is -0.480 e. The number of anilines is 1. The van der Waals surface area contributed by atoms with Gasteiger partial charge in [0, 0.05) is 5.69 Å². The number of nitrogens with one attached hydrogen (secondary N) is 2. The van der Waals surface area contributed by atoms with Gasteiger partial charge in [0.15, 0.2) is 0 Å². The SMILES string of the molecule is C[C@@H](NC(=O)Nc1ccc(Cl)c(Cl)c1)C(=O)O. The minimum atomic E-state index is -1.12. The van der Waals surface area contributed by atoms with Gasteiger partial charge in [0.1, 0.15) is 6.04 Å². The number of urea groups is 1. The van der Waals surface area contributed by atoms with Crippen molar-refractivity contribution in [3.63, 3.8) is 0 Å². The van der Waals surface area contributed by atoms with Crippen molar-refractivity contribution in [2.75, 3.05) is 5.32 Å². The standard InChI is InChI=1S/C10H10Cl2N2O3/c1-5(9(15)16)13-10(17)14-6-2-3-7(11)8(12)4-6/h2-5H,1H3,(H,15,16)(H2,13,14,17)/t5-/m1/s1. The largest absolute Gasteiger partial charge is 0.480 e. The van der Waals surface area contributed by atoms with Crippen LogP contribution >= 0.6 is 23.2 Å². The average Bonchev–Trinajstić information content (AvgIpc) is 2.23. The maximum absolute atomic E-state index is 11.4. The number of aliphatic carboxylic acids is 1. The average molecular weight is 277 g/mol. The van der Waals surface area contributed by atoms with Crippen molar-refractivity contribution in [2.45, 2.75) is 13.0 Å². The van der Waals surface area contributed by atoms with E-state index in [2.05, 4.69) is 10.6 Å².